The molecule has 5 nitrogen and oxygen atoms in total. The third-order valence-electron chi connectivity index (χ3n) is 3.57. The predicted octanol–water partition coefficient (Wildman–Crippen LogP) is 4.63. The number of anilines is 1. The molecule has 138 valence electrons. The molecule has 0 saturated heterocycles. The molecular formula is C20H23BrN2O3. The Balaban J connectivity index is 2.17. The average Bonchev–Trinajstić information content (AvgIpc) is 2.65. The molecule has 0 aliphatic heterocycles. The monoisotopic (exact) mass is 418 g/mol. The highest BCUT2D eigenvalue weighted by molar-refractivity contribution is 9.10. The third-order valence-corrected chi connectivity index (χ3v) is 4.06. The van der Waals surface area contributed by atoms with E-state index in [0.29, 0.717) is 35.7 Å². The summed E-state index contributed by atoms with van der Waals surface area (Å²) in [6.07, 6.45) is 1.72. The van der Waals surface area contributed by atoms with Gasteiger partial charge < -0.3 is 15.4 Å². The Kier molecular flexibility index (Phi) is 7.66. The number of carbonyl (C=O) groups is 2. The summed E-state index contributed by atoms with van der Waals surface area (Å²) < 4.78 is 6.45. The van der Waals surface area contributed by atoms with Crippen molar-refractivity contribution in [3.63, 3.8) is 0 Å². The van der Waals surface area contributed by atoms with Crippen LogP contribution in [0.4, 0.5) is 5.69 Å². The van der Waals surface area contributed by atoms with E-state index in [1.54, 1.807) is 36.4 Å². The van der Waals surface area contributed by atoms with Crippen LogP contribution in [0.5, 0.6) is 5.75 Å². The van der Waals surface area contributed by atoms with Gasteiger partial charge in [-0.2, -0.15) is 0 Å². The molecule has 2 aromatic rings. The van der Waals surface area contributed by atoms with Crippen LogP contribution in [0.2, 0.25) is 0 Å². The largest absolute Gasteiger partial charge is 0.493 e. The van der Waals surface area contributed by atoms with E-state index in [9.17, 15) is 9.59 Å². The van der Waals surface area contributed by atoms with Gasteiger partial charge in [0, 0.05) is 22.3 Å². The molecule has 0 bridgehead atoms. The zero-order valence-electron chi connectivity index (χ0n) is 15.0. The fraction of sp³-hybridized carbons (Fsp3) is 0.300. The first-order valence-corrected chi connectivity index (χ1v) is 9.46. The Morgan fingerprint density at radius 1 is 1.04 bits per heavy atom. The average molecular weight is 419 g/mol. The molecule has 0 spiro atoms. The van der Waals surface area contributed by atoms with Gasteiger partial charge in [-0.3, -0.25) is 9.59 Å². The van der Waals surface area contributed by atoms with Crippen LogP contribution in [0.25, 0.3) is 0 Å². The minimum Gasteiger partial charge on any atom is -0.493 e. The van der Waals surface area contributed by atoms with Crippen molar-refractivity contribution in [2.75, 3.05) is 18.5 Å². The Labute approximate surface area is 162 Å². The number of halogens is 1. The number of ether oxygens (including phenoxy) is 1. The maximum Gasteiger partial charge on any atom is 0.259 e. The molecule has 2 N–H and O–H groups in total. The van der Waals surface area contributed by atoms with Gasteiger partial charge in [-0.05, 0) is 49.2 Å². The summed E-state index contributed by atoms with van der Waals surface area (Å²) in [5.74, 6) is 0.0882. The number of amides is 2. The summed E-state index contributed by atoms with van der Waals surface area (Å²) in [6, 6.07) is 12.2. The number of carbonyl (C=O) groups excluding carboxylic acids is 2. The Morgan fingerprint density at radius 3 is 2.58 bits per heavy atom. The molecule has 0 fully saturated rings. The van der Waals surface area contributed by atoms with Crippen LogP contribution in [-0.4, -0.2) is 25.0 Å². The first kappa shape index (κ1) is 20.0. The van der Waals surface area contributed by atoms with Crippen molar-refractivity contribution in [2.45, 2.75) is 26.7 Å². The van der Waals surface area contributed by atoms with Crippen molar-refractivity contribution in [2.24, 2.45) is 0 Å². The predicted molar refractivity (Wildman–Crippen MR) is 107 cm³/mol. The first-order chi connectivity index (χ1) is 12.5. The number of nitrogens with one attached hydrogen (secondary N) is 2. The smallest absolute Gasteiger partial charge is 0.259 e. The van der Waals surface area contributed by atoms with E-state index in [0.717, 1.165) is 17.3 Å². The van der Waals surface area contributed by atoms with Crippen LogP contribution < -0.4 is 15.4 Å². The first-order valence-electron chi connectivity index (χ1n) is 8.67. The molecule has 0 aromatic heterocycles. The molecular weight excluding hydrogens is 396 g/mol. The number of benzene rings is 2. The topological polar surface area (TPSA) is 67.4 Å². The van der Waals surface area contributed by atoms with Crippen LogP contribution in [-0.2, 0) is 0 Å². The summed E-state index contributed by atoms with van der Waals surface area (Å²) in [6.45, 7) is 5.15. The van der Waals surface area contributed by atoms with Crippen LogP contribution in [0, 0.1) is 0 Å². The molecule has 0 saturated carbocycles. The molecule has 2 aromatic carbocycles. The Bertz CT molecular complexity index is 777. The third kappa shape index (κ3) is 5.59. The van der Waals surface area contributed by atoms with Crippen molar-refractivity contribution in [3.8, 4) is 5.75 Å². The number of hydrogen-bond donors (Lipinski definition) is 2. The van der Waals surface area contributed by atoms with Gasteiger partial charge >= 0.3 is 0 Å². The van der Waals surface area contributed by atoms with E-state index in [2.05, 4.69) is 26.6 Å². The SMILES string of the molecule is CCCNC(=O)c1cccc(NC(=O)c2cc(Br)ccc2OCCC)c1. The van der Waals surface area contributed by atoms with E-state index >= 15 is 0 Å². The summed E-state index contributed by atoms with van der Waals surface area (Å²) in [7, 11) is 0. The minimum absolute atomic E-state index is 0.155. The van der Waals surface area contributed by atoms with Gasteiger partial charge in [-0.1, -0.05) is 35.8 Å². The quantitative estimate of drug-likeness (QED) is 0.656. The van der Waals surface area contributed by atoms with E-state index in [1.807, 2.05) is 19.9 Å². The fourth-order valence-corrected chi connectivity index (χ4v) is 2.66. The van der Waals surface area contributed by atoms with Crippen LogP contribution in [0.15, 0.2) is 46.9 Å². The summed E-state index contributed by atoms with van der Waals surface area (Å²) in [5, 5.41) is 5.66. The number of rotatable bonds is 8. The highest BCUT2D eigenvalue weighted by atomic mass is 79.9. The molecule has 0 heterocycles. The van der Waals surface area contributed by atoms with E-state index in [1.165, 1.54) is 0 Å². The molecule has 26 heavy (non-hydrogen) atoms. The van der Waals surface area contributed by atoms with Gasteiger partial charge in [-0.15, -0.1) is 0 Å². The second-order valence-electron chi connectivity index (χ2n) is 5.78. The summed E-state index contributed by atoms with van der Waals surface area (Å²) in [5.41, 5.74) is 1.50. The van der Waals surface area contributed by atoms with Gasteiger partial charge in [0.15, 0.2) is 0 Å². The van der Waals surface area contributed by atoms with Crippen LogP contribution in [0.1, 0.15) is 47.4 Å². The molecule has 0 radical (unpaired) electrons. The fourth-order valence-electron chi connectivity index (χ4n) is 2.29. The van der Waals surface area contributed by atoms with Crippen molar-refractivity contribution < 1.29 is 14.3 Å². The van der Waals surface area contributed by atoms with Gasteiger partial charge in [-0.25, -0.2) is 0 Å². The number of hydrogen-bond acceptors (Lipinski definition) is 3. The Morgan fingerprint density at radius 2 is 1.85 bits per heavy atom. The van der Waals surface area contributed by atoms with Crippen LogP contribution in [0.3, 0.4) is 0 Å². The lowest BCUT2D eigenvalue weighted by molar-refractivity contribution is 0.0952. The lowest BCUT2D eigenvalue weighted by atomic mass is 10.1. The van der Waals surface area contributed by atoms with Crippen molar-refractivity contribution >= 4 is 33.4 Å². The van der Waals surface area contributed by atoms with Gasteiger partial charge in [0.25, 0.3) is 11.8 Å². The van der Waals surface area contributed by atoms with E-state index < -0.39 is 0 Å². The second kappa shape index (κ2) is 9.97. The summed E-state index contributed by atoms with van der Waals surface area (Å²) >= 11 is 3.38. The standard InChI is InChI=1S/C20H23BrN2O3/c1-3-10-22-19(24)14-6-5-7-16(12-14)23-20(25)17-13-15(21)8-9-18(17)26-11-4-2/h5-9,12-13H,3-4,10-11H2,1-2H3,(H,22,24)(H,23,25). The molecule has 0 atom stereocenters. The zero-order chi connectivity index (χ0) is 18.9. The maximum atomic E-state index is 12.7. The van der Waals surface area contributed by atoms with Crippen molar-refractivity contribution in [3.05, 3.63) is 58.1 Å². The molecule has 2 amide bonds. The Hall–Kier alpha value is -2.34. The van der Waals surface area contributed by atoms with E-state index in [4.69, 9.17) is 4.74 Å². The highest BCUT2D eigenvalue weighted by Gasteiger charge is 2.14. The lowest BCUT2D eigenvalue weighted by Crippen LogP contribution is -2.24. The molecule has 0 aliphatic rings. The molecule has 6 heteroatoms. The van der Waals surface area contributed by atoms with Gasteiger partial charge in [0.05, 0.1) is 12.2 Å². The molecule has 0 aliphatic carbocycles. The highest BCUT2D eigenvalue weighted by Crippen LogP contribution is 2.25. The van der Waals surface area contributed by atoms with Crippen LogP contribution >= 0.6 is 15.9 Å². The van der Waals surface area contributed by atoms with Crippen molar-refractivity contribution in [1.82, 2.24) is 5.32 Å². The minimum atomic E-state index is -0.288. The van der Waals surface area contributed by atoms with Gasteiger partial charge in [0.1, 0.15) is 5.75 Å². The van der Waals surface area contributed by atoms with Crippen molar-refractivity contribution in [1.29, 1.82) is 0 Å². The lowest BCUT2D eigenvalue weighted by Gasteiger charge is -2.12. The van der Waals surface area contributed by atoms with Gasteiger partial charge in [0.2, 0.25) is 0 Å². The van der Waals surface area contributed by atoms with E-state index in [-0.39, 0.29) is 11.8 Å². The zero-order valence-corrected chi connectivity index (χ0v) is 16.6. The second-order valence-corrected chi connectivity index (χ2v) is 6.70. The molecule has 0 unspecified atom stereocenters. The summed E-state index contributed by atoms with van der Waals surface area (Å²) in [4.78, 5) is 24.8. The maximum absolute atomic E-state index is 12.7. The normalized spacial score (nSPS) is 10.3. The molecule has 2 rings (SSSR count).